The molecule has 1 N–H and O–H groups in total. The predicted octanol–water partition coefficient (Wildman–Crippen LogP) is 1.01. The van der Waals surface area contributed by atoms with E-state index in [2.05, 4.69) is 34.3 Å². The zero-order chi connectivity index (χ0) is 11.4. The minimum absolute atomic E-state index is 0.588. The minimum Gasteiger partial charge on any atom is -0.317 e. The lowest BCUT2D eigenvalue weighted by atomic mass is 9.93. The quantitative estimate of drug-likeness (QED) is 0.825. The van der Waals surface area contributed by atoms with Crippen molar-refractivity contribution in [3.8, 4) is 0 Å². The van der Waals surface area contributed by atoms with Crippen LogP contribution in [0, 0.1) is 0 Å². The van der Waals surface area contributed by atoms with E-state index in [0.717, 1.165) is 25.3 Å². The van der Waals surface area contributed by atoms with E-state index in [1.165, 1.54) is 18.5 Å². The molecule has 16 heavy (non-hydrogen) atoms. The first kappa shape index (κ1) is 11.5. The largest absolute Gasteiger partial charge is 0.317 e. The van der Waals surface area contributed by atoms with Gasteiger partial charge in [0.25, 0.3) is 0 Å². The lowest BCUT2D eigenvalue weighted by Crippen LogP contribution is -2.28. The summed E-state index contributed by atoms with van der Waals surface area (Å²) in [5.74, 6) is 0.588. The third-order valence-electron chi connectivity index (χ3n) is 3.00. The predicted molar refractivity (Wildman–Crippen MR) is 64.3 cm³/mol. The average Bonchev–Trinajstić information content (AvgIpc) is 2.30. The van der Waals surface area contributed by atoms with Gasteiger partial charge in [0.05, 0.1) is 11.4 Å². The van der Waals surface area contributed by atoms with Crippen LogP contribution in [0.25, 0.3) is 0 Å². The van der Waals surface area contributed by atoms with Crippen LogP contribution in [-0.2, 0) is 6.54 Å². The Kier molecular flexibility index (Phi) is 3.85. The maximum absolute atomic E-state index is 4.54. The summed E-state index contributed by atoms with van der Waals surface area (Å²) in [7, 11) is 4.14. The number of rotatable bonds is 3. The molecular formula is C12H20N4. The van der Waals surface area contributed by atoms with Crippen molar-refractivity contribution in [2.45, 2.75) is 25.3 Å². The van der Waals surface area contributed by atoms with Crippen molar-refractivity contribution in [3.63, 3.8) is 0 Å². The number of nitrogens with zero attached hydrogens (tertiary/aromatic N) is 3. The van der Waals surface area contributed by atoms with Crippen LogP contribution in [0.2, 0.25) is 0 Å². The molecular weight excluding hydrogens is 200 g/mol. The van der Waals surface area contributed by atoms with Crippen LogP contribution in [-0.4, -0.2) is 42.1 Å². The van der Waals surface area contributed by atoms with Gasteiger partial charge in [-0.1, -0.05) is 0 Å². The van der Waals surface area contributed by atoms with Crippen LogP contribution in [0.3, 0.4) is 0 Å². The molecule has 4 nitrogen and oxygen atoms in total. The van der Waals surface area contributed by atoms with Crippen LogP contribution in [0.15, 0.2) is 12.4 Å². The van der Waals surface area contributed by atoms with Crippen LogP contribution in [0.1, 0.15) is 30.1 Å². The smallest absolute Gasteiger partial charge is 0.0761 e. The van der Waals surface area contributed by atoms with Crippen molar-refractivity contribution in [2.75, 3.05) is 27.2 Å². The van der Waals surface area contributed by atoms with E-state index in [4.69, 9.17) is 0 Å². The van der Waals surface area contributed by atoms with Gasteiger partial charge in [-0.15, -0.1) is 0 Å². The van der Waals surface area contributed by atoms with Crippen molar-refractivity contribution >= 4 is 0 Å². The Balaban J connectivity index is 2.17. The summed E-state index contributed by atoms with van der Waals surface area (Å²) < 4.78 is 0. The van der Waals surface area contributed by atoms with E-state index in [9.17, 15) is 0 Å². The molecule has 0 aliphatic carbocycles. The zero-order valence-corrected chi connectivity index (χ0v) is 10.1. The summed E-state index contributed by atoms with van der Waals surface area (Å²) in [5, 5.41) is 3.39. The molecule has 2 heterocycles. The number of piperidine rings is 1. The summed E-state index contributed by atoms with van der Waals surface area (Å²) in [5.41, 5.74) is 2.34. The normalized spacial score (nSPS) is 17.9. The van der Waals surface area contributed by atoms with Crippen molar-refractivity contribution < 1.29 is 0 Å². The molecule has 1 aliphatic heterocycles. The molecule has 1 aromatic heterocycles. The van der Waals surface area contributed by atoms with Gasteiger partial charge in [-0.2, -0.15) is 0 Å². The van der Waals surface area contributed by atoms with Gasteiger partial charge in [0.2, 0.25) is 0 Å². The number of hydrogen-bond donors (Lipinski definition) is 1. The fraction of sp³-hybridized carbons (Fsp3) is 0.667. The Morgan fingerprint density at radius 1 is 1.25 bits per heavy atom. The molecule has 1 saturated heterocycles. The van der Waals surface area contributed by atoms with E-state index in [-0.39, 0.29) is 0 Å². The summed E-state index contributed by atoms with van der Waals surface area (Å²) in [6, 6.07) is 0. The van der Waals surface area contributed by atoms with E-state index >= 15 is 0 Å². The second-order valence-electron chi connectivity index (χ2n) is 4.65. The summed E-state index contributed by atoms with van der Waals surface area (Å²) in [6.45, 7) is 3.08. The van der Waals surface area contributed by atoms with Gasteiger partial charge in [-0.05, 0) is 40.0 Å². The van der Waals surface area contributed by atoms with Crippen LogP contribution < -0.4 is 5.32 Å². The first-order valence-corrected chi connectivity index (χ1v) is 5.92. The highest BCUT2D eigenvalue weighted by Crippen LogP contribution is 2.25. The van der Waals surface area contributed by atoms with Gasteiger partial charge >= 0.3 is 0 Å². The van der Waals surface area contributed by atoms with Gasteiger partial charge in [0.15, 0.2) is 0 Å². The lowest BCUT2D eigenvalue weighted by Gasteiger charge is -2.24. The highest BCUT2D eigenvalue weighted by Gasteiger charge is 2.20. The van der Waals surface area contributed by atoms with E-state index in [1.807, 2.05) is 6.20 Å². The zero-order valence-electron chi connectivity index (χ0n) is 10.1. The topological polar surface area (TPSA) is 41.1 Å². The van der Waals surface area contributed by atoms with Crippen molar-refractivity contribution in [1.82, 2.24) is 20.2 Å². The Hall–Kier alpha value is -1.00. The van der Waals surface area contributed by atoms with Gasteiger partial charge in [0, 0.05) is 24.9 Å². The van der Waals surface area contributed by atoms with Crippen molar-refractivity contribution in [3.05, 3.63) is 23.8 Å². The van der Waals surface area contributed by atoms with Crippen LogP contribution in [0.4, 0.5) is 0 Å². The molecule has 0 bridgehead atoms. The molecule has 0 aromatic carbocycles. The fourth-order valence-electron chi connectivity index (χ4n) is 2.24. The van der Waals surface area contributed by atoms with Gasteiger partial charge in [-0.3, -0.25) is 9.97 Å². The minimum atomic E-state index is 0.588. The number of aromatic nitrogens is 2. The number of nitrogens with one attached hydrogen (secondary N) is 1. The van der Waals surface area contributed by atoms with E-state index in [1.54, 1.807) is 6.20 Å². The molecule has 4 heteroatoms. The van der Waals surface area contributed by atoms with Crippen molar-refractivity contribution in [2.24, 2.45) is 0 Å². The molecule has 0 saturated carbocycles. The van der Waals surface area contributed by atoms with Gasteiger partial charge in [-0.25, -0.2) is 0 Å². The SMILES string of the molecule is CN(C)Cc1nccnc1C1CCNCC1. The van der Waals surface area contributed by atoms with Gasteiger partial charge in [0.1, 0.15) is 0 Å². The number of hydrogen-bond acceptors (Lipinski definition) is 4. The second kappa shape index (κ2) is 5.37. The fourth-order valence-corrected chi connectivity index (χ4v) is 2.24. The van der Waals surface area contributed by atoms with E-state index < -0.39 is 0 Å². The Bertz CT molecular complexity index is 332. The highest BCUT2D eigenvalue weighted by atomic mass is 15.1. The molecule has 0 unspecified atom stereocenters. The van der Waals surface area contributed by atoms with Crippen LogP contribution >= 0.6 is 0 Å². The third kappa shape index (κ3) is 2.77. The van der Waals surface area contributed by atoms with Crippen molar-refractivity contribution in [1.29, 1.82) is 0 Å². The molecule has 1 fully saturated rings. The van der Waals surface area contributed by atoms with E-state index in [0.29, 0.717) is 5.92 Å². The Labute approximate surface area is 97.1 Å². The molecule has 2 rings (SSSR count). The Morgan fingerprint density at radius 3 is 2.62 bits per heavy atom. The average molecular weight is 220 g/mol. The second-order valence-corrected chi connectivity index (χ2v) is 4.65. The summed E-state index contributed by atoms with van der Waals surface area (Å²) in [4.78, 5) is 11.2. The third-order valence-corrected chi connectivity index (χ3v) is 3.00. The summed E-state index contributed by atoms with van der Waals surface area (Å²) in [6.07, 6.45) is 5.97. The molecule has 88 valence electrons. The molecule has 0 radical (unpaired) electrons. The standard InChI is InChI=1S/C12H20N4/c1-16(2)9-11-12(15-8-7-14-11)10-3-5-13-6-4-10/h7-8,10,13H,3-6,9H2,1-2H3. The highest BCUT2D eigenvalue weighted by molar-refractivity contribution is 5.16. The first-order valence-electron chi connectivity index (χ1n) is 5.92. The molecule has 1 aromatic rings. The maximum Gasteiger partial charge on any atom is 0.0761 e. The molecule has 1 aliphatic rings. The maximum atomic E-state index is 4.54. The Morgan fingerprint density at radius 2 is 1.94 bits per heavy atom. The molecule has 0 spiro atoms. The summed E-state index contributed by atoms with van der Waals surface area (Å²) >= 11 is 0. The monoisotopic (exact) mass is 220 g/mol. The molecule has 0 amide bonds. The molecule has 0 atom stereocenters. The van der Waals surface area contributed by atoms with Gasteiger partial charge < -0.3 is 10.2 Å². The first-order chi connectivity index (χ1) is 7.77. The lowest BCUT2D eigenvalue weighted by molar-refractivity contribution is 0.385. The van der Waals surface area contributed by atoms with Crippen LogP contribution in [0.5, 0.6) is 0 Å².